The lowest BCUT2D eigenvalue weighted by Gasteiger charge is -2.21. The number of benzene rings is 2. The highest BCUT2D eigenvalue weighted by molar-refractivity contribution is 5.97. The lowest BCUT2D eigenvalue weighted by molar-refractivity contribution is -0.117. The van der Waals surface area contributed by atoms with E-state index in [1.165, 1.54) is 57.8 Å². The molecule has 0 spiro atoms. The molecule has 3 rings (SSSR count). The second-order valence-electron chi connectivity index (χ2n) is 9.02. The van der Waals surface area contributed by atoms with Gasteiger partial charge in [0.2, 0.25) is 0 Å². The molecule has 2 aromatic rings. The Morgan fingerprint density at radius 3 is 1.70 bits per heavy atom. The van der Waals surface area contributed by atoms with Gasteiger partial charge in [-0.2, -0.15) is 5.26 Å². The SMILES string of the molecule is N#C/C(=C/NC1CCCCCCCCCCC1)C(=O)NC(c1ccccc1)c1ccccc1. The zero-order valence-electron chi connectivity index (χ0n) is 19.6. The lowest BCUT2D eigenvalue weighted by Crippen LogP contribution is -2.32. The van der Waals surface area contributed by atoms with Gasteiger partial charge in [0, 0.05) is 12.2 Å². The molecule has 1 saturated carbocycles. The Balaban J connectivity index is 1.67. The number of nitrogens with one attached hydrogen (secondary N) is 2. The summed E-state index contributed by atoms with van der Waals surface area (Å²) in [4.78, 5) is 13.1. The van der Waals surface area contributed by atoms with Crippen molar-refractivity contribution in [3.05, 3.63) is 83.6 Å². The first-order valence-electron chi connectivity index (χ1n) is 12.5. The summed E-state index contributed by atoms with van der Waals surface area (Å²) in [7, 11) is 0. The highest BCUT2D eigenvalue weighted by Gasteiger charge is 2.19. The van der Waals surface area contributed by atoms with Gasteiger partial charge in [0.25, 0.3) is 5.91 Å². The molecule has 0 radical (unpaired) electrons. The van der Waals surface area contributed by atoms with Crippen molar-refractivity contribution in [1.29, 1.82) is 5.26 Å². The summed E-state index contributed by atoms with van der Waals surface area (Å²) in [5.74, 6) is -0.351. The van der Waals surface area contributed by atoms with Gasteiger partial charge < -0.3 is 10.6 Å². The van der Waals surface area contributed by atoms with Crippen molar-refractivity contribution in [3.63, 3.8) is 0 Å². The monoisotopic (exact) mass is 443 g/mol. The number of nitrogens with zero attached hydrogens (tertiary/aromatic N) is 1. The quantitative estimate of drug-likeness (QED) is 0.392. The Labute approximate surface area is 199 Å². The maximum Gasteiger partial charge on any atom is 0.264 e. The average Bonchev–Trinajstić information content (AvgIpc) is 2.85. The molecule has 0 bridgehead atoms. The van der Waals surface area contributed by atoms with Crippen molar-refractivity contribution >= 4 is 5.91 Å². The van der Waals surface area contributed by atoms with Crippen molar-refractivity contribution in [2.75, 3.05) is 0 Å². The van der Waals surface area contributed by atoms with E-state index in [4.69, 9.17) is 0 Å². The van der Waals surface area contributed by atoms with Crippen molar-refractivity contribution in [1.82, 2.24) is 10.6 Å². The van der Waals surface area contributed by atoms with Gasteiger partial charge >= 0.3 is 0 Å². The zero-order valence-corrected chi connectivity index (χ0v) is 19.6. The summed E-state index contributed by atoms with van der Waals surface area (Å²) in [6.45, 7) is 0. The van der Waals surface area contributed by atoms with Crippen molar-refractivity contribution in [2.24, 2.45) is 0 Å². The molecule has 0 unspecified atom stereocenters. The summed E-state index contributed by atoms with van der Waals surface area (Å²) >= 11 is 0. The van der Waals surface area contributed by atoms with Crippen LogP contribution in [0.2, 0.25) is 0 Å². The average molecular weight is 444 g/mol. The minimum atomic E-state index is -0.351. The highest BCUT2D eigenvalue weighted by atomic mass is 16.1. The number of nitriles is 1. The maximum absolute atomic E-state index is 13.1. The summed E-state index contributed by atoms with van der Waals surface area (Å²) in [6, 6.07) is 21.9. The molecule has 1 aliphatic carbocycles. The number of hydrogen-bond acceptors (Lipinski definition) is 3. The third kappa shape index (κ3) is 8.42. The fourth-order valence-corrected chi connectivity index (χ4v) is 4.54. The van der Waals surface area contributed by atoms with Gasteiger partial charge in [-0.25, -0.2) is 0 Å². The van der Waals surface area contributed by atoms with Gasteiger partial charge in [-0.15, -0.1) is 0 Å². The molecule has 1 fully saturated rings. The van der Waals surface area contributed by atoms with Crippen LogP contribution in [0.3, 0.4) is 0 Å². The van der Waals surface area contributed by atoms with Gasteiger partial charge in [0.15, 0.2) is 0 Å². The Hall–Kier alpha value is -3.06. The van der Waals surface area contributed by atoms with E-state index in [-0.39, 0.29) is 17.5 Å². The minimum Gasteiger partial charge on any atom is -0.387 e. The fourth-order valence-electron chi connectivity index (χ4n) is 4.54. The molecule has 174 valence electrons. The summed E-state index contributed by atoms with van der Waals surface area (Å²) in [5, 5.41) is 16.2. The first-order chi connectivity index (χ1) is 16.3. The van der Waals surface area contributed by atoms with E-state index in [2.05, 4.69) is 16.7 Å². The molecule has 33 heavy (non-hydrogen) atoms. The standard InChI is InChI=1S/C29H37N3O/c30-22-26(23-31-27-20-14-6-4-2-1-3-5-7-15-21-27)29(33)32-28(24-16-10-8-11-17-24)25-18-12-9-13-19-25/h8-13,16-19,23,27-28,31H,1-7,14-15,20-21H2,(H,32,33)/b26-23-. The molecule has 0 aliphatic heterocycles. The van der Waals surface area contributed by atoms with Gasteiger partial charge in [-0.05, 0) is 24.0 Å². The number of hydrogen-bond donors (Lipinski definition) is 2. The number of carbonyl (C=O) groups excluding carboxylic acids is 1. The van der Waals surface area contributed by atoms with Crippen LogP contribution in [0.1, 0.15) is 87.8 Å². The second-order valence-corrected chi connectivity index (χ2v) is 9.02. The second kappa shape index (κ2) is 14.2. The third-order valence-electron chi connectivity index (χ3n) is 6.47. The van der Waals surface area contributed by atoms with Crippen LogP contribution in [0.15, 0.2) is 72.4 Å². The predicted octanol–water partition coefficient (Wildman–Crippen LogP) is 6.56. The van der Waals surface area contributed by atoms with E-state index < -0.39 is 0 Å². The van der Waals surface area contributed by atoms with Gasteiger partial charge in [0.05, 0.1) is 6.04 Å². The largest absolute Gasteiger partial charge is 0.387 e. The summed E-state index contributed by atoms with van der Waals surface area (Å²) < 4.78 is 0. The molecule has 0 atom stereocenters. The molecule has 4 nitrogen and oxygen atoms in total. The number of carbonyl (C=O) groups is 1. The topological polar surface area (TPSA) is 64.9 Å². The number of rotatable bonds is 6. The summed E-state index contributed by atoms with van der Waals surface area (Å²) in [6.07, 6.45) is 15.4. The van der Waals surface area contributed by atoms with E-state index in [0.29, 0.717) is 6.04 Å². The van der Waals surface area contributed by atoms with Crippen LogP contribution in [-0.4, -0.2) is 11.9 Å². The van der Waals surface area contributed by atoms with E-state index in [1.807, 2.05) is 60.7 Å². The molecule has 1 aliphatic rings. The molecule has 0 heterocycles. The zero-order chi connectivity index (χ0) is 23.1. The smallest absolute Gasteiger partial charge is 0.264 e. The van der Waals surface area contributed by atoms with Crippen LogP contribution in [-0.2, 0) is 4.79 Å². The van der Waals surface area contributed by atoms with E-state index in [0.717, 1.165) is 24.0 Å². The Bertz CT molecular complexity index is 850. The minimum absolute atomic E-state index is 0.123. The van der Waals surface area contributed by atoms with Crippen LogP contribution >= 0.6 is 0 Å². The highest BCUT2D eigenvalue weighted by Crippen LogP contribution is 2.22. The molecular formula is C29H37N3O. The molecule has 2 aromatic carbocycles. The predicted molar refractivity (Wildman–Crippen MR) is 134 cm³/mol. The van der Waals surface area contributed by atoms with Gasteiger partial charge in [0.1, 0.15) is 11.6 Å². The molecule has 2 N–H and O–H groups in total. The Morgan fingerprint density at radius 2 is 1.24 bits per heavy atom. The van der Waals surface area contributed by atoms with Crippen LogP contribution in [0.5, 0.6) is 0 Å². The van der Waals surface area contributed by atoms with E-state index >= 15 is 0 Å². The first kappa shape index (κ1) is 24.6. The van der Waals surface area contributed by atoms with E-state index in [9.17, 15) is 10.1 Å². The van der Waals surface area contributed by atoms with Crippen molar-refractivity contribution < 1.29 is 4.79 Å². The first-order valence-corrected chi connectivity index (χ1v) is 12.5. The van der Waals surface area contributed by atoms with Crippen LogP contribution in [0.4, 0.5) is 0 Å². The number of amides is 1. The van der Waals surface area contributed by atoms with Gasteiger partial charge in [-0.3, -0.25) is 4.79 Å². The van der Waals surface area contributed by atoms with Crippen LogP contribution in [0, 0.1) is 11.3 Å². The summed E-state index contributed by atoms with van der Waals surface area (Å²) in [5.41, 5.74) is 2.10. The van der Waals surface area contributed by atoms with E-state index in [1.54, 1.807) is 6.20 Å². The molecule has 4 heteroatoms. The molecular weight excluding hydrogens is 406 g/mol. The fraction of sp³-hybridized carbons (Fsp3) is 0.448. The van der Waals surface area contributed by atoms with Crippen LogP contribution in [0.25, 0.3) is 0 Å². The molecule has 1 amide bonds. The normalized spacial score (nSPS) is 16.8. The molecule has 0 aromatic heterocycles. The Kier molecular flexibility index (Phi) is 10.5. The van der Waals surface area contributed by atoms with Crippen LogP contribution < -0.4 is 10.6 Å². The third-order valence-corrected chi connectivity index (χ3v) is 6.47. The molecule has 0 saturated heterocycles. The van der Waals surface area contributed by atoms with Crippen molar-refractivity contribution in [2.45, 2.75) is 82.7 Å². The van der Waals surface area contributed by atoms with Gasteiger partial charge in [-0.1, -0.05) is 118 Å². The van der Waals surface area contributed by atoms with Crippen molar-refractivity contribution in [3.8, 4) is 6.07 Å². The Morgan fingerprint density at radius 1 is 0.788 bits per heavy atom. The maximum atomic E-state index is 13.1. The lowest BCUT2D eigenvalue weighted by atomic mass is 9.98.